The fourth-order valence-corrected chi connectivity index (χ4v) is 1.46. The standard InChI is InChI=1S/C11H12FNO2/c1-15-9-3-2-7(6-8(9)12)10(14)11(13)4-5-11/h2-3,6H,4-5,13H2,1H3. The van der Waals surface area contributed by atoms with Crippen LogP contribution in [0, 0.1) is 5.82 Å². The van der Waals surface area contributed by atoms with E-state index in [-0.39, 0.29) is 11.5 Å². The minimum Gasteiger partial charge on any atom is -0.494 e. The zero-order valence-corrected chi connectivity index (χ0v) is 8.42. The average Bonchev–Trinajstić information content (AvgIpc) is 2.96. The van der Waals surface area contributed by atoms with E-state index in [0.29, 0.717) is 18.4 Å². The monoisotopic (exact) mass is 209 g/mol. The van der Waals surface area contributed by atoms with Crippen LogP contribution in [0.15, 0.2) is 18.2 Å². The minimum atomic E-state index is -0.749. The highest BCUT2D eigenvalue weighted by Crippen LogP contribution is 2.36. The molecule has 1 aromatic carbocycles. The maximum atomic E-state index is 13.3. The van der Waals surface area contributed by atoms with Gasteiger partial charge in [0.2, 0.25) is 0 Å². The second-order valence-electron chi connectivity index (χ2n) is 3.83. The topological polar surface area (TPSA) is 52.3 Å². The molecule has 0 aromatic heterocycles. The van der Waals surface area contributed by atoms with E-state index in [9.17, 15) is 9.18 Å². The number of carbonyl (C=O) groups excluding carboxylic acids is 1. The molecule has 0 atom stereocenters. The third kappa shape index (κ3) is 1.72. The Hall–Kier alpha value is -1.42. The van der Waals surface area contributed by atoms with Crippen molar-refractivity contribution in [3.05, 3.63) is 29.6 Å². The SMILES string of the molecule is COc1ccc(C(=O)C2(N)CC2)cc1F. The zero-order valence-electron chi connectivity index (χ0n) is 8.42. The van der Waals surface area contributed by atoms with Crippen molar-refractivity contribution in [2.45, 2.75) is 18.4 Å². The van der Waals surface area contributed by atoms with Crippen LogP contribution in [0.5, 0.6) is 5.75 Å². The number of Topliss-reactive ketones (excluding diaryl/α,β-unsaturated/α-hetero) is 1. The highest BCUT2D eigenvalue weighted by Gasteiger charge is 2.46. The van der Waals surface area contributed by atoms with E-state index < -0.39 is 11.4 Å². The van der Waals surface area contributed by atoms with Crippen LogP contribution in [-0.4, -0.2) is 18.4 Å². The summed E-state index contributed by atoms with van der Waals surface area (Å²) in [5.41, 5.74) is 5.30. The highest BCUT2D eigenvalue weighted by atomic mass is 19.1. The van der Waals surface area contributed by atoms with E-state index in [4.69, 9.17) is 10.5 Å². The molecule has 0 bridgehead atoms. The van der Waals surface area contributed by atoms with Crippen molar-refractivity contribution in [1.29, 1.82) is 0 Å². The molecule has 15 heavy (non-hydrogen) atoms. The first kappa shape index (κ1) is 10.1. The lowest BCUT2D eigenvalue weighted by atomic mass is 10.0. The van der Waals surface area contributed by atoms with Crippen LogP contribution in [0.4, 0.5) is 4.39 Å². The van der Waals surface area contributed by atoms with Gasteiger partial charge >= 0.3 is 0 Å². The van der Waals surface area contributed by atoms with Crippen LogP contribution in [0.1, 0.15) is 23.2 Å². The van der Waals surface area contributed by atoms with Gasteiger partial charge in [0.05, 0.1) is 12.6 Å². The number of ether oxygens (including phenoxy) is 1. The van der Waals surface area contributed by atoms with E-state index in [0.717, 1.165) is 0 Å². The van der Waals surface area contributed by atoms with Crippen molar-refractivity contribution in [1.82, 2.24) is 0 Å². The van der Waals surface area contributed by atoms with E-state index >= 15 is 0 Å². The van der Waals surface area contributed by atoms with Gasteiger partial charge in [-0.3, -0.25) is 4.79 Å². The summed E-state index contributed by atoms with van der Waals surface area (Å²) in [4.78, 5) is 11.7. The predicted molar refractivity (Wildman–Crippen MR) is 53.4 cm³/mol. The Balaban J connectivity index is 2.30. The van der Waals surface area contributed by atoms with Crippen LogP contribution in [-0.2, 0) is 0 Å². The smallest absolute Gasteiger partial charge is 0.182 e. The number of nitrogens with two attached hydrogens (primary N) is 1. The molecular formula is C11H12FNO2. The summed E-state index contributed by atoms with van der Waals surface area (Å²) in [6.07, 6.45) is 1.36. The Morgan fingerprint density at radius 1 is 1.53 bits per heavy atom. The molecule has 1 aliphatic carbocycles. The first-order valence-corrected chi connectivity index (χ1v) is 4.74. The maximum Gasteiger partial charge on any atom is 0.182 e. The van der Waals surface area contributed by atoms with Gasteiger partial charge in [-0.1, -0.05) is 0 Å². The van der Waals surface area contributed by atoms with Gasteiger partial charge in [0, 0.05) is 5.56 Å². The number of halogens is 1. The number of rotatable bonds is 3. The molecule has 1 aliphatic rings. The summed E-state index contributed by atoms with van der Waals surface area (Å²) < 4.78 is 18.1. The lowest BCUT2D eigenvalue weighted by Crippen LogP contribution is -2.32. The lowest BCUT2D eigenvalue weighted by Gasteiger charge is -2.08. The third-order valence-corrected chi connectivity index (χ3v) is 2.65. The Kier molecular flexibility index (Phi) is 2.23. The van der Waals surface area contributed by atoms with Gasteiger partial charge in [-0.15, -0.1) is 0 Å². The Morgan fingerprint density at radius 2 is 2.20 bits per heavy atom. The fourth-order valence-electron chi connectivity index (χ4n) is 1.46. The maximum absolute atomic E-state index is 13.3. The van der Waals surface area contributed by atoms with Crippen LogP contribution in [0.25, 0.3) is 0 Å². The van der Waals surface area contributed by atoms with Gasteiger partial charge in [0.25, 0.3) is 0 Å². The van der Waals surface area contributed by atoms with Gasteiger partial charge in [-0.25, -0.2) is 4.39 Å². The summed E-state index contributed by atoms with van der Waals surface area (Å²) in [5.74, 6) is -0.593. The molecule has 0 radical (unpaired) electrons. The van der Waals surface area contributed by atoms with Crippen molar-refractivity contribution in [3.8, 4) is 5.75 Å². The van der Waals surface area contributed by atoms with Crippen molar-refractivity contribution in [3.63, 3.8) is 0 Å². The van der Waals surface area contributed by atoms with Crippen molar-refractivity contribution < 1.29 is 13.9 Å². The van der Waals surface area contributed by atoms with E-state index in [2.05, 4.69) is 0 Å². The Bertz CT molecular complexity index is 413. The molecule has 2 N–H and O–H groups in total. The molecule has 2 rings (SSSR count). The fraction of sp³-hybridized carbons (Fsp3) is 0.364. The number of benzene rings is 1. The van der Waals surface area contributed by atoms with Crippen LogP contribution in [0.3, 0.4) is 0 Å². The van der Waals surface area contributed by atoms with Gasteiger partial charge in [-0.05, 0) is 31.0 Å². The Morgan fingerprint density at radius 3 is 2.67 bits per heavy atom. The molecule has 0 heterocycles. The number of hydrogen-bond acceptors (Lipinski definition) is 3. The molecule has 1 fully saturated rings. The van der Waals surface area contributed by atoms with Crippen LogP contribution >= 0.6 is 0 Å². The largest absolute Gasteiger partial charge is 0.494 e. The summed E-state index contributed by atoms with van der Waals surface area (Å²) in [7, 11) is 1.38. The molecule has 0 spiro atoms. The Labute approximate surface area is 87.0 Å². The van der Waals surface area contributed by atoms with E-state index in [1.54, 1.807) is 0 Å². The lowest BCUT2D eigenvalue weighted by molar-refractivity contribution is 0.0948. The molecule has 0 saturated heterocycles. The average molecular weight is 209 g/mol. The van der Waals surface area contributed by atoms with E-state index in [1.807, 2.05) is 0 Å². The number of hydrogen-bond donors (Lipinski definition) is 1. The molecule has 80 valence electrons. The van der Waals surface area contributed by atoms with Gasteiger partial charge in [0.1, 0.15) is 0 Å². The first-order chi connectivity index (χ1) is 7.07. The summed E-state index contributed by atoms with van der Waals surface area (Å²) >= 11 is 0. The number of methoxy groups -OCH3 is 1. The number of ketones is 1. The molecule has 1 saturated carbocycles. The van der Waals surface area contributed by atoms with Crippen molar-refractivity contribution in [2.24, 2.45) is 5.73 Å². The van der Waals surface area contributed by atoms with Gasteiger partial charge in [0.15, 0.2) is 17.3 Å². The quantitative estimate of drug-likeness (QED) is 0.767. The molecule has 0 unspecified atom stereocenters. The zero-order chi connectivity index (χ0) is 11.1. The number of carbonyl (C=O) groups is 1. The predicted octanol–water partition coefficient (Wildman–Crippen LogP) is 1.51. The molecule has 0 amide bonds. The first-order valence-electron chi connectivity index (χ1n) is 4.74. The molecular weight excluding hydrogens is 197 g/mol. The van der Waals surface area contributed by atoms with Crippen molar-refractivity contribution >= 4 is 5.78 Å². The van der Waals surface area contributed by atoms with E-state index in [1.165, 1.54) is 25.3 Å². The molecule has 4 heteroatoms. The highest BCUT2D eigenvalue weighted by molar-refractivity contribution is 6.05. The minimum absolute atomic E-state index is 0.133. The second-order valence-corrected chi connectivity index (χ2v) is 3.83. The molecule has 0 aliphatic heterocycles. The van der Waals surface area contributed by atoms with Crippen molar-refractivity contribution in [2.75, 3.05) is 7.11 Å². The normalized spacial score (nSPS) is 17.3. The summed E-state index contributed by atoms with van der Waals surface area (Å²) in [6, 6.07) is 4.15. The van der Waals surface area contributed by atoms with Crippen LogP contribution in [0.2, 0.25) is 0 Å². The van der Waals surface area contributed by atoms with Gasteiger partial charge in [-0.2, -0.15) is 0 Å². The second kappa shape index (κ2) is 3.31. The molecule has 1 aromatic rings. The molecule has 3 nitrogen and oxygen atoms in total. The summed E-state index contributed by atoms with van der Waals surface area (Å²) in [5, 5.41) is 0. The summed E-state index contributed by atoms with van der Waals surface area (Å²) in [6.45, 7) is 0. The van der Waals surface area contributed by atoms with Gasteiger partial charge < -0.3 is 10.5 Å². The van der Waals surface area contributed by atoms with Crippen LogP contribution < -0.4 is 10.5 Å². The third-order valence-electron chi connectivity index (χ3n) is 2.65.